The molecule has 0 bridgehead atoms. The van der Waals surface area contributed by atoms with E-state index in [2.05, 4.69) is 40.1 Å². The number of hydrogen-bond donors (Lipinski definition) is 0. The minimum atomic E-state index is 0.475. The molecule has 3 heteroatoms. The Labute approximate surface area is 130 Å². The van der Waals surface area contributed by atoms with Crippen LogP contribution in [0.15, 0.2) is 5.38 Å². The third-order valence-electron chi connectivity index (χ3n) is 4.64. The van der Waals surface area contributed by atoms with E-state index in [-0.39, 0.29) is 0 Å². The Hall–Kier alpha value is 0.110. The Kier molecular flexibility index (Phi) is 5.88. The van der Waals surface area contributed by atoms with Crippen LogP contribution in [0.3, 0.4) is 0 Å². The first-order valence-electron chi connectivity index (χ1n) is 7.64. The molecule has 0 spiro atoms. The average molecular weight is 344 g/mol. The molecule has 19 heavy (non-hydrogen) atoms. The Morgan fingerprint density at radius 2 is 2.16 bits per heavy atom. The van der Waals surface area contributed by atoms with E-state index in [0.29, 0.717) is 5.41 Å². The van der Waals surface area contributed by atoms with Gasteiger partial charge in [0.25, 0.3) is 0 Å². The minimum absolute atomic E-state index is 0.475. The number of alkyl halides is 1. The SMILES string of the molecule is CCCCC1CCC(CBr)(Cc2csc(C)n2)CC1. The van der Waals surface area contributed by atoms with Gasteiger partial charge in [0.2, 0.25) is 0 Å². The number of halogens is 1. The molecule has 0 radical (unpaired) electrons. The highest BCUT2D eigenvalue weighted by atomic mass is 79.9. The maximum absolute atomic E-state index is 4.66. The van der Waals surface area contributed by atoms with Crippen molar-refractivity contribution in [2.45, 2.75) is 65.2 Å². The molecule has 0 N–H and O–H groups in total. The summed E-state index contributed by atoms with van der Waals surface area (Å²) in [7, 11) is 0. The number of rotatable bonds is 6. The van der Waals surface area contributed by atoms with Gasteiger partial charge in [0.1, 0.15) is 0 Å². The lowest BCUT2D eigenvalue weighted by atomic mass is 9.68. The molecule has 0 amide bonds. The smallest absolute Gasteiger partial charge is 0.0897 e. The fourth-order valence-corrected chi connectivity index (χ4v) is 4.67. The maximum Gasteiger partial charge on any atom is 0.0897 e. The molecule has 1 aliphatic rings. The van der Waals surface area contributed by atoms with Gasteiger partial charge in [-0.3, -0.25) is 0 Å². The van der Waals surface area contributed by atoms with Crippen molar-refractivity contribution in [3.63, 3.8) is 0 Å². The summed E-state index contributed by atoms with van der Waals surface area (Å²) in [6.07, 6.45) is 11.0. The van der Waals surface area contributed by atoms with Gasteiger partial charge in [-0.1, -0.05) is 42.1 Å². The van der Waals surface area contributed by atoms with Crippen LogP contribution in [-0.2, 0) is 6.42 Å². The minimum Gasteiger partial charge on any atom is -0.247 e. The lowest BCUT2D eigenvalue weighted by Gasteiger charge is -2.39. The fourth-order valence-electron chi connectivity index (χ4n) is 3.30. The summed E-state index contributed by atoms with van der Waals surface area (Å²) in [6.45, 7) is 4.41. The van der Waals surface area contributed by atoms with Crippen molar-refractivity contribution in [3.8, 4) is 0 Å². The third kappa shape index (κ3) is 4.29. The van der Waals surface area contributed by atoms with Gasteiger partial charge in [-0.2, -0.15) is 0 Å². The van der Waals surface area contributed by atoms with Crippen LogP contribution in [0.1, 0.15) is 62.6 Å². The highest BCUT2D eigenvalue weighted by molar-refractivity contribution is 9.09. The summed E-state index contributed by atoms with van der Waals surface area (Å²) in [6, 6.07) is 0. The van der Waals surface area contributed by atoms with Crippen LogP contribution in [0.4, 0.5) is 0 Å². The van der Waals surface area contributed by atoms with Gasteiger partial charge in [-0.05, 0) is 50.4 Å². The summed E-state index contributed by atoms with van der Waals surface area (Å²) in [5.74, 6) is 0.990. The molecule has 0 unspecified atom stereocenters. The summed E-state index contributed by atoms with van der Waals surface area (Å²) < 4.78 is 0. The third-order valence-corrected chi connectivity index (χ3v) is 6.65. The summed E-state index contributed by atoms with van der Waals surface area (Å²) >= 11 is 5.57. The molecule has 0 aromatic carbocycles. The second-order valence-electron chi connectivity index (χ2n) is 6.25. The van der Waals surface area contributed by atoms with Crippen LogP contribution in [0.5, 0.6) is 0 Å². The molecular weight excluding hydrogens is 318 g/mol. The highest BCUT2D eigenvalue weighted by Crippen LogP contribution is 2.44. The number of aromatic nitrogens is 1. The zero-order valence-electron chi connectivity index (χ0n) is 12.3. The fraction of sp³-hybridized carbons (Fsp3) is 0.812. The molecule has 0 aliphatic heterocycles. The van der Waals surface area contributed by atoms with Crippen LogP contribution in [-0.4, -0.2) is 10.3 Å². The number of hydrogen-bond acceptors (Lipinski definition) is 2. The van der Waals surface area contributed by atoms with Crippen molar-refractivity contribution < 1.29 is 0 Å². The van der Waals surface area contributed by atoms with Gasteiger partial charge in [0, 0.05) is 10.7 Å². The second-order valence-corrected chi connectivity index (χ2v) is 7.88. The normalized spacial score (nSPS) is 27.6. The Morgan fingerprint density at radius 1 is 1.42 bits per heavy atom. The summed E-state index contributed by atoms with van der Waals surface area (Å²) in [4.78, 5) is 4.66. The summed E-state index contributed by atoms with van der Waals surface area (Å²) in [5.41, 5.74) is 1.79. The predicted octanol–water partition coefficient (Wildman–Crippen LogP) is 5.76. The van der Waals surface area contributed by atoms with Gasteiger partial charge >= 0.3 is 0 Å². The molecule has 0 atom stereocenters. The van der Waals surface area contributed by atoms with Crippen molar-refractivity contribution in [2.75, 3.05) is 5.33 Å². The van der Waals surface area contributed by atoms with Crippen molar-refractivity contribution in [1.82, 2.24) is 4.98 Å². The van der Waals surface area contributed by atoms with Gasteiger partial charge in [0.05, 0.1) is 10.7 Å². The molecule has 1 fully saturated rings. The number of nitrogens with zero attached hydrogens (tertiary/aromatic N) is 1. The van der Waals surface area contributed by atoms with Crippen molar-refractivity contribution in [3.05, 3.63) is 16.1 Å². The zero-order valence-corrected chi connectivity index (χ0v) is 14.7. The second kappa shape index (κ2) is 7.21. The summed E-state index contributed by atoms with van der Waals surface area (Å²) in [5, 5.41) is 4.59. The first kappa shape index (κ1) is 15.5. The van der Waals surface area contributed by atoms with Crippen molar-refractivity contribution in [2.24, 2.45) is 11.3 Å². The molecule has 1 saturated carbocycles. The largest absolute Gasteiger partial charge is 0.247 e. The van der Waals surface area contributed by atoms with Crippen LogP contribution >= 0.6 is 27.3 Å². The standard InChI is InChI=1S/C16H26BrNS/c1-3-4-5-14-6-8-16(12-17,9-7-14)10-15-11-19-13(2)18-15/h11,14H,3-10,12H2,1-2H3. The zero-order chi connectivity index (χ0) is 13.7. The highest BCUT2D eigenvalue weighted by Gasteiger charge is 2.34. The first-order valence-corrected chi connectivity index (χ1v) is 9.64. The van der Waals surface area contributed by atoms with E-state index >= 15 is 0 Å². The lowest BCUT2D eigenvalue weighted by molar-refractivity contribution is 0.167. The van der Waals surface area contributed by atoms with E-state index in [1.165, 1.54) is 62.1 Å². The maximum atomic E-state index is 4.66. The first-order chi connectivity index (χ1) is 9.17. The van der Waals surface area contributed by atoms with Crippen LogP contribution in [0.2, 0.25) is 0 Å². The van der Waals surface area contributed by atoms with Crippen LogP contribution in [0, 0.1) is 18.3 Å². The van der Waals surface area contributed by atoms with Crippen molar-refractivity contribution in [1.29, 1.82) is 0 Å². The molecule has 0 saturated heterocycles. The van der Waals surface area contributed by atoms with E-state index in [9.17, 15) is 0 Å². The number of thiazole rings is 1. The molecule has 1 aromatic rings. The molecule has 1 aromatic heterocycles. The molecule has 1 nitrogen and oxygen atoms in total. The van der Waals surface area contributed by atoms with E-state index in [0.717, 1.165) is 11.2 Å². The molecule has 2 rings (SSSR count). The Morgan fingerprint density at radius 3 is 2.68 bits per heavy atom. The van der Waals surface area contributed by atoms with E-state index in [4.69, 9.17) is 0 Å². The Bertz CT molecular complexity index is 380. The van der Waals surface area contributed by atoms with Gasteiger partial charge in [-0.25, -0.2) is 4.98 Å². The lowest BCUT2D eigenvalue weighted by Crippen LogP contribution is -2.31. The Balaban J connectivity index is 1.90. The average Bonchev–Trinajstić information content (AvgIpc) is 2.83. The van der Waals surface area contributed by atoms with Gasteiger partial charge < -0.3 is 0 Å². The monoisotopic (exact) mass is 343 g/mol. The van der Waals surface area contributed by atoms with E-state index in [1.54, 1.807) is 11.3 Å². The van der Waals surface area contributed by atoms with Gasteiger partial charge in [0.15, 0.2) is 0 Å². The number of unbranched alkanes of at least 4 members (excludes halogenated alkanes) is 1. The van der Waals surface area contributed by atoms with Gasteiger partial charge in [-0.15, -0.1) is 11.3 Å². The predicted molar refractivity (Wildman–Crippen MR) is 88.3 cm³/mol. The molecule has 108 valence electrons. The number of aryl methyl sites for hydroxylation is 1. The van der Waals surface area contributed by atoms with Crippen LogP contribution in [0.25, 0.3) is 0 Å². The van der Waals surface area contributed by atoms with Crippen LogP contribution < -0.4 is 0 Å². The molecular formula is C16H26BrNS. The van der Waals surface area contributed by atoms with E-state index in [1.807, 2.05) is 0 Å². The molecule has 1 aliphatic carbocycles. The topological polar surface area (TPSA) is 12.9 Å². The molecule has 1 heterocycles. The quantitative estimate of drug-likeness (QED) is 0.598. The van der Waals surface area contributed by atoms with E-state index < -0.39 is 0 Å². The van der Waals surface area contributed by atoms with Crippen molar-refractivity contribution >= 4 is 27.3 Å².